The third-order valence-corrected chi connectivity index (χ3v) is 4.31. The molecule has 3 nitrogen and oxygen atoms in total. The maximum absolute atomic E-state index is 11.5. The Morgan fingerprint density at radius 3 is 2.63 bits per heavy atom. The van der Waals surface area contributed by atoms with E-state index in [2.05, 4.69) is 36.1 Å². The summed E-state index contributed by atoms with van der Waals surface area (Å²) in [7, 11) is 0. The number of piperidine rings is 1. The van der Waals surface area contributed by atoms with E-state index >= 15 is 0 Å². The molecule has 104 valence electrons. The van der Waals surface area contributed by atoms with Crippen molar-refractivity contribution in [2.45, 2.75) is 39.7 Å². The van der Waals surface area contributed by atoms with Gasteiger partial charge in [-0.3, -0.25) is 9.69 Å². The molecule has 1 aliphatic rings. The summed E-state index contributed by atoms with van der Waals surface area (Å²) < 4.78 is 0. The molecular formula is C16H23NO2. The molecule has 0 amide bonds. The minimum Gasteiger partial charge on any atom is -0.481 e. The smallest absolute Gasteiger partial charge is 0.310 e. The lowest BCUT2D eigenvalue weighted by Gasteiger charge is -2.39. The van der Waals surface area contributed by atoms with Crippen molar-refractivity contribution in [1.82, 2.24) is 4.90 Å². The number of benzene rings is 1. The Bertz CT molecular complexity index is 441. The van der Waals surface area contributed by atoms with E-state index in [1.807, 2.05) is 6.92 Å². The predicted octanol–water partition coefficient (Wildman–Crippen LogP) is 3.07. The van der Waals surface area contributed by atoms with Crippen LogP contribution >= 0.6 is 0 Å². The zero-order chi connectivity index (χ0) is 13.9. The van der Waals surface area contributed by atoms with Gasteiger partial charge >= 0.3 is 5.97 Å². The van der Waals surface area contributed by atoms with Crippen LogP contribution in [0.15, 0.2) is 24.3 Å². The van der Waals surface area contributed by atoms with E-state index in [1.54, 1.807) is 0 Å². The highest BCUT2D eigenvalue weighted by Gasteiger charge is 2.40. The van der Waals surface area contributed by atoms with Crippen molar-refractivity contribution in [3.8, 4) is 0 Å². The van der Waals surface area contributed by atoms with Gasteiger partial charge in [0.25, 0.3) is 0 Å². The first-order valence-corrected chi connectivity index (χ1v) is 7.07. The van der Waals surface area contributed by atoms with E-state index in [9.17, 15) is 9.90 Å². The average Bonchev–Trinajstić information content (AvgIpc) is 2.41. The van der Waals surface area contributed by atoms with Crippen LogP contribution in [0, 0.1) is 12.3 Å². The minimum absolute atomic E-state index is 0.539. The van der Waals surface area contributed by atoms with Crippen LogP contribution in [-0.2, 0) is 11.3 Å². The van der Waals surface area contributed by atoms with Gasteiger partial charge in [0.05, 0.1) is 5.41 Å². The molecule has 1 aromatic carbocycles. The van der Waals surface area contributed by atoms with E-state index in [-0.39, 0.29) is 0 Å². The summed E-state index contributed by atoms with van der Waals surface area (Å²) in [4.78, 5) is 13.8. The summed E-state index contributed by atoms with van der Waals surface area (Å²) in [5.74, 6) is -0.636. The summed E-state index contributed by atoms with van der Waals surface area (Å²) in [5, 5.41) is 9.48. The van der Waals surface area contributed by atoms with Gasteiger partial charge in [0.1, 0.15) is 0 Å². The Morgan fingerprint density at radius 1 is 1.37 bits per heavy atom. The summed E-state index contributed by atoms with van der Waals surface area (Å²) in [5.41, 5.74) is 1.99. The lowest BCUT2D eigenvalue weighted by molar-refractivity contribution is -0.153. The van der Waals surface area contributed by atoms with E-state index in [1.165, 1.54) is 11.1 Å². The third-order valence-electron chi connectivity index (χ3n) is 4.31. The molecule has 1 saturated heterocycles. The normalized spacial score (nSPS) is 24.3. The van der Waals surface area contributed by atoms with Gasteiger partial charge in [0.15, 0.2) is 0 Å². The van der Waals surface area contributed by atoms with Gasteiger partial charge in [0.2, 0.25) is 0 Å². The van der Waals surface area contributed by atoms with Gasteiger partial charge in [-0.1, -0.05) is 36.8 Å². The Balaban J connectivity index is 2.05. The van der Waals surface area contributed by atoms with Crippen LogP contribution < -0.4 is 0 Å². The molecule has 1 aromatic rings. The lowest BCUT2D eigenvalue weighted by Crippen LogP contribution is -2.47. The Morgan fingerprint density at radius 2 is 2.05 bits per heavy atom. The summed E-state index contributed by atoms with van der Waals surface area (Å²) in [6.07, 6.45) is 2.50. The van der Waals surface area contributed by atoms with Crippen molar-refractivity contribution in [1.29, 1.82) is 0 Å². The zero-order valence-corrected chi connectivity index (χ0v) is 11.9. The van der Waals surface area contributed by atoms with E-state index in [0.717, 1.165) is 25.9 Å². The molecule has 0 bridgehead atoms. The number of carboxylic acid groups (broad SMARTS) is 1. The average molecular weight is 261 g/mol. The molecule has 1 heterocycles. The third kappa shape index (κ3) is 3.16. The SMILES string of the molecule is CCC1(C(=O)O)CCCN(Cc2ccc(C)cc2)C1. The fourth-order valence-electron chi connectivity index (χ4n) is 2.93. The Hall–Kier alpha value is -1.35. The Labute approximate surface area is 115 Å². The van der Waals surface area contributed by atoms with Crippen molar-refractivity contribution in [3.63, 3.8) is 0 Å². The molecule has 1 aliphatic heterocycles. The minimum atomic E-state index is -0.636. The van der Waals surface area contributed by atoms with Crippen LogP contribution in [0.5, 0.6) is 0 Å². The van der Waals surface area contributed by atoms with Crippen LogP contribution in [0.3, 0.4) is 0 Å². The first kappa shape index (κ1) is 14.1. The monoisotopic (exact) mass is 261 g/mol. The number of aliphatic carboxylic acids is 1. The first-order chi connectivity index (χ1) is 9.05. The molecule has 0 aromatic heterocycles. The van der Waals surface area contributed by atoms with Gasteiger partial charge in [0, 0.05) is 13.1 Å². The molecular weight excluding hydrogens is 238 g/mol. The van der Waals surface area contributed by atoms with Gasteiger partial charge in [-0.2, -0.15) is 0 Å². The van der Waals surface area contributed by atoms with Gasteiger partial charge < -0.3 is 5.11 Å². The van der Waals surface area contributed by atoms with Crippen molar-refractivity contribution >= 4 is 5.97 Å². The highest BCUT2D eigenvalue weighted by molar-refractivity contribution is 5.75. The predicted molar refractivity (Wildman–Crippen MR) is 76.0 cm³/mol. The van der Waals surface area contributed by atoms with Gasteiger partial charge in [-0.25, -0.2) is 0 Å². The van der Waals surface area contributed by atoms with Gasteiger partial charge in [-0.15, -0.1) is 0 Å². The first-order valence-electron chi connectivity index (χ1n) is 7.07. The number of rotatable bonds is 4. The number of hydrogen-bond acceptors (Lipinski definition) is 2. The van der Waals surface area contributed by atoms with Crippen molar-refractivity contribution < 1.29 is 9.90 Å². The molecule has 19 heavy (non-hydrogen) atoms. The molecule has 0 saturated carbocycles. The van der Waals surface area contributed by atoms with Crippen LogP contribution in [0.4, 0.5) is 0 Å². The van der Waals surface area contributed by atoms with Crippen molar-refractivity contribution in [2.24, 2.45) is 5.41 Å². The standard InChI is InChI=1S/C16H23NO2/c1-3-16(15(18)19)9-4-10-17(12-16)11-14-7-5-13(2)6-8-14/h5-8H,3-4,9-12H2,1-2H3,(H,18,19). The second-order valence-electron chi connectivity index (χ2n) is 5.74. The number of aryl methyl sites for hydroxylation is 1. The largest absolute Gasteiger partial charge is 0.481 e. The molecule has 0 spiro atoms. The van der Waals surface area contributed by atoms with Crippen molar-refractivity contribution in [3.05, 3.63) is 35.4 Å². The van der Waals surface area contributed by atoms with Crippen LogP contribution in [0.1, 0.15) is 37.3 Å². The zero-order valence-electron chi connectivity index (χ0n) is 11.9. The molecule has 1 fully saturated rings. The second-order valence-corrected chi connectivity index (χ2v) is 5.74. The summed E-state index contributed by atoms with van der Waals surface area (Å²) in [6.45, 7) is 6.60. The second kappa shape index (κ2) is 5.74. The maximum atomic E-state index is 11.5. The Kier molecular flexibility index (Phi) is 4.25. The van der Waals surface area contributed by atoms with Crippen LogP contribution in [-0.4, -0.2) is 29.1 Å². The van der Waals surface area contributed by atoms with Crippen molar-refractivity contribution in [2.75, 3.05) is 13.1 Å². The highest BCUT2D eigenvalue weighted by atomic mass is 16.4. The fraction of sp³-hybridized carbons (Fsp3) is 0.562. The molecule has 1 atom stereocenters. The maximum Gasteiger partial charge on any atom is 0.310 e. The molecule has 1 unspecified atom stereocenters. The fourth-order valence-corrected chi connectivity index (χ4v) is 2.93. The van der Waals surface area contributed by atoms with Crippen LogP contribution in [0.25, 0.3) is 0 Å². The summed E-state index contributed by atoms with van der Waals surface area (Å²) >= 11 is 0. The number of carbonyl (C=O) groups is 1. The number of carboxylic acids is 1. The van der Waals surface area contributed by atoms with E-state index in [4.69, 9.17) is 0 Å². The number of nitrogens with zero attached hydrogens (tertiary/aromatic N) is 1. The number of hydrogen-bond donors (Lipinski definition) is 1. The van der Waals surface area contributed by atoms with Crippen LogP contribution in [0.2, 0.25) is 0 Å². The molecule has 0 radical (unpaired) electrons. The molecule has 3 heteroatoms. The topological polar surface area (TPSA) is 40.5 Å². The molecule has 2 rings (SSSR count). The van der Waals surface area contributed by atoms with Gasteiger partial charge in [-0.05, 0) is 38.3 Å². The quantitative estimate of drug-likeness (QED) is 0.905. The van der Waals surface area contributed by atoms with E-state index < -0.39 is 11.4 Å². The summed E-state index contributed by atoms with van der Waals surface area (Å²) in [6, 6.07) is 8.50. The molecule has 1 N–H and O–H groups in total. The lowest BCUT2D eigenvalue weighted by atomic mass is 9.77. The highest BCUT2D eigenvalue weighted by Crippen LogP contribution is 2.34. The molecule has 0 aliphatic carbocycles. The van der Waals surface area contributed by atoms with E-state index in [0.29, 0.717) is 13.0 Å². The number of likely N-dealkylation sites (tertiary alicyclic amines) is 1.